The Morgan fingerprint density at radius 1 is 0.528 bits per heavy atom. The second-order valence-electron chi connectivity index (χ2n) is 21.4. The molecule has 0 radical (unpaired) electrons. The molecule has 9 N–H and O–H groups in total. The van der Waals surface area contributed by atoms with Gasteiger partial charge >= 0.3 is 17.9 Å². The number of carboxylic acid groups (broad SMARTS) is 2. The number of aliphatic carboxylic acids is 2. The van der Waals surface area contributed by atoms with E-state index in [1.165, 1.54) is 32.6 Å². The number of carbonyl (C=O) groups is 10. The van der Waals surface area contributed by atoms with Crippen LogP contribution in [0, 0.1) is 29.6 Å². The third kappa shape index (κ3) is 26.9. The molecule has 1 aliphatic rings. The predicted molar refractivity (Wildman–Crippen MR) is 272 cm³/mol. The SMILES string of the molecule is CCC(C)CCCCCCCCCC[C@@H]1CC(=O)N[C@@H](CCC(=O)O)C(=O)N[C@@H](C(C)C)C(=O)N[C@@H](CC(C)C)C(=O)N[C@@H](C)C(=O)N[C@@H](CC(=O)O)C(=O)N[C@@H](CC(C)C)C(=O)N[C@@H](CC(C)C)C(=O)O1. The molecule has 0 bridgehead atoms. The van der Waals surface area contributed by atoms with Crippen molar-refractivity contribution in [1.82, 2.24) is 37.2 Å². The maximum absolute atomic E-state index is 14.2. The number of esters is 1. The van der Waals surface area contributed by atoms with Gasteiger partial charge in [0, 0.05) is 6.42 Å². The van der Waals surface area contributed by atoms with Crippen LogP contribution < -0.4 is 37.2 Å². The molecule has 1 saturated heterocycles. The van der Waals surface area contributed by atoms with Gasteiger partial charge in [0.15, 0.2) is 0 Å². The van der Waals surface area contributed by atoms with Crippen LogP contribution in [-0.2, 0) is 52.7 Å². The molecule has 0 aliphatic carbocycles. The Morgan fingerprint density at radius 3 is 1.50 bits per heavy atom. The van der Waals surface area contributed by atoms with E-state index in [9.17, 15) is 58.2 Å². The number of hydrogen-bond donors (Lipinski definition) is 9. The van der Waals surface area contributed by atoms with E-state index in [2.05, 4.69) is 51.1 Å². The summed E-state index contributed by atoms with van der Waals surface area (Å²) in [6.07, 6.45) is 7.44. The van der Waals surface area contributed by atoms with Crippen LogP contribution in [0.5, 0.6) is 0 Å². The van der Waals surface area contributed by atoms with Crippen molar-refractivity contribution in [1.29, 1.82) is 0 Å². The highest BCUT2D eigenvalue weighted by molar-refractivity contribution is 5.98. The monoisotopic (exact) mass is 1020 g/mol. The lowest BCUT2D eigenvalue weighted by Crippen LogP contribution is -2.60. The summed E-state index contributed by atoms with van der Waals surface area (Å²) in [6.45, 7) is 19.8. The first-order valence-electron chi connectivity index (χ1n) is 26.5. The molecule has 0 saturated carbocycles. The van der Waals surface area contributed by atoms with E-state index in [1.54, 1.807) is 41.5 Å². The highest BCUT2D eigenvalue weighted by atomic mass is 16.5. The average Bonchev–Trinajstić information content (AvgIpc) is 3.27. The minimum absolute atomic E-state index is 0.0410. The maximum atomic E-state index is 14.2. The van der Waals surface area contributed by atoms with E-state index in [0.29, 0.717) is 6.42 Å². The van der Waals surface area contributed by atoms with Crippen molar-refractivity contribution in [2.75, 3.05) is 0 Å². The number of hydrogen-bond acceptors (Lipinski definition) is 11. The normalized spacial score (nSPS) is 24.5. The van der Waals surface area contributed by atoms with E-state index in [4.69, 9.17) is 4.74 Å². The number of carboxylic acids is 2. The zero-order chi connectivity index (χ0) is 54.7. The van der Waals surface area contributed by atoms with Gasteiger partial charge in [-0.05, 0) is 75.0 Å². The zero-order valence-corrected chi connectivity index (χ0v) is 45.1. The number of carbonyl (C=O) groups excluding carboxylic acids is 8. The Balaban J connectivity index is 3.79. The van der Waals surface area contributed by atoms with Gasteiger partial charge in [-0.2, -0.15) is 0 Å². The van der Waals surface area contributed by atoms with E-state index in [1.807, 2.05) is 13.8 Å². The first-order valence-corrected chi connectivity index (χ1v) is 26.5. The maximum Gasteiger partial charge on any atom is 0.328 e. The molecule has 1 fully saturated rings. The van der Waals surface area contributed by atoms with Crippen LogP contribution >= 0.6 is 0 Å². The molecule has 7 amide bonds. The Kier molecular flexibility index (Phi) is 30.7. The van der Waals surface area contributed by atoms with Gasteiger partial charge in [-0.3, -0.25) is 43.2 Å². The van der Waals surface area contributed by atoms with Crippen molar-refractivity contribution < 1.29 is 62.9 Å². The Hall–Kier alpha value is -5.30. The van der Waals surface area contributed by atoms with Gasteiger partial charge in [0.05, 0.1) is 12.8 Å². The van der Waals surface area contributed by atoms with Crippen LogP contribution in [0.1, 0.15) is 192 Å². The van der Waals surface area contributed by atoms with E-state index in [-0.39, 0.29) is 49.9 Å². The lowest BCUT2D eigenvalue weighted by atomic mass is 9.99. The number of cyclic esters (lactones) is 1. The lowest BCUT2D eigenvalue weighted by molar-refractivity contribution is -0.155. The summed E-state index contributed by atoms with van der Waals surface area (Å²) < 4.78 is 6.03. The molecular weight excluding hydrogens is 931 g/mol. The zero-order valence-electron chi connectivity index (χ0n) is 45.1. The van der Waals surface area contributed by atoms with Crippen molar-refractivity contribution in [3.63, 3.8) is 0 Å². The first-order chi connectivity index (χ1) is 33.7. The molecule has 0 aromatic heterocycles. The van der Waals surface area contributed by atoms with Crippen molar-refractivity contribution in [2.24, 2.45) is 29.6 Å². The number of ether oxygens (including phenoxy) is 1. The van der Waals surface area contributed by atoms with Crippen molar-refractivity contribution >= 4 is 59.3 Å². The molecule has 20 heteroatoms. The molecular formula is C52H91N7O13. The summed E-state index contributed by atoms with van der Waals surface area (Å²) in [4.78, 5) is 135. The molecule has 1 heterocycles. The highest BCUT2D eigenvalue weighted by Crippen LogP contribution is 2.19. The third-order valence-electron chi connectivity index (χ3n) is 12.7. The number of nitrogens with one attached hydrogen (secondary N) is 7. The van der Waals surface area contributed by atoms with Gasteiger partial charge in [0.25, 0.3) is 0 Å². The largest absolute Gasteiger partial charge is 0.481 e. The number of amides is 7. The van der Waals surface area contributed by atoms with Crippen LogP contribution in [0.15, 0.2) is 0 Å². The van der Waals surface area contributed by atoms with Crippen LogP contribution in [0.2, 0.25) is 0 Å². The second-order valence-corrected chi connectivity index (χ2v) is 21.4. The highest BCUT2D eigenvalue weighted by Gasteiger charge is 2.36. The van der Waals surface area contributed by atoms with E-state index in [0.717, 1.165) is 38.0 Å². The Labute approximate surface area is 428 Å². The molecule has 0 aromatic rings. The van der Waals surface area contributed by atoms with E-state index >= 15 is 0 Å². The number of unbranched alkanes of at least 4 members (excludes halogenated alkanes) is 7. The lowest BCUT2D eigenvalue weighted by Gasteiger charge is -2.28. The molecule has 20 nitrogen and oxygen atoms in total. The molecule has 9 atom stereocenters. The van der Waals surface area contributed by atoms with Gasteiger partial charge in [-0.25, -0.2) is 4.79 Å². The molecule has 1 rings (SSSR count). The summed E-state index contributed by atoms with van der Waals surface area (Å²) in [7, 11) is 0. The minimum Gasteiger partial charge on any atom is -0.481 e. The van der Waals surface area contributed by atoms with Crippen LogP contribution in [0.4, 0.5) is 0 Å². The van der Waals surface area contributed by atoms with Gasteiger partial charge in [-0.1, -0.05) is 127 Å². The van der Waals surface area contributed by atoms with Crippen molar-refractivity contribution in [2.45, 2.75) is 240 Å². The Morgan fingerprint density at radius 2 is 0.986 bits per heavy atom. The second kappa shape index (κ2) is 34.2. The summed E-state index contributed by atoms with van der Waals surface area (Å²) in [5, 5.41) is 37.3. The van der Waals surface area contributed by atoms with Crippen molar-refractivity contribution in [3.05, 3.63) is 0 Å². The quantitative estimate of drug-likeness (QED) is 0.0465. The molecule has 0 spiro atoms. The molecule has 0 aromatic carbocycles. The minimum atomic E-state index is -1.71. The molecule has 72 heavy (non-hydrogen) atoms. The first kappa shape index (κ1) is 64.7. The summed E-state index contributed by atoms with van der Waals surface area (Å²) in [5.41, 5.74) is 0. The summed E-state index contributed by atoms with van der Waals surface area (Å²) in [6, 6.07) is -9.65. The van der Waals surface area contributed by atoms with Crippen LogP contribution in [-0.4, -0.2) is 118 Å². The number of rotatable bonds is 24. The van der Waals surface area contributed by atoms with Gasteiger partial charge in [0.1, 0.15) is 48.4 Å². The fourth-order valence-electron chi connectivity index (χ4n) is 8.32. The molecule has 1 aliphatic heterocycles. The summed E-state index contributed by atoms with van der Waals surface area (Å²) >= 11 is 0. The predicted octanol–water partition coefficient (Wildman–Crippen LogP) is 4.80. The van der Waals surface area contributed by atoms with Crippen LogP contribution in [0.25, 0.3) is 0 Å². The standard InChI is InChI=1S/C52H91N7O13/c1-12-34(10)21-19-17-15-13-14-16-18-20-22-36-28-42(60)54-37(23-24-43(61)62)47(66)59-45(33(8)9)51(70)57-38(25-30(2)3)48(67)53-35(11)46(65)55-40(29-44(63)64)50(69)56-39(26-31(4)5)49(68)58-41(27-32(6)7)52(71)72-36/h30-41,45H,12-29H2,1-11H3,(H,53,67)(H,54,60)(H,55,65)(H,56,69)(H,57,70)(H,58,68)(H,59,66)(H,61,62)(H,63,64)/t34?,35-,36+,37-,38-,39-,40-,41-,45-/m0/s1. The summed E-state index contributed by atoms with van der Waals surface area (Å²) in [5.74, 6) is -9.92. The van der Waals surface area contributed by atoms with Gasteiger partial charge in [-0.15, -0.1) is 0 Å². The molecule has 412 valence electrons. The van der Waals surface area contributed by atoms with E-state index < -0.39 is 133 Å². The van der Waals surface area contributed by atoms with Crippen molar-refractivity contribution in [3.8, 4) is 0 Å². The molecule has 1 unspecified atom stereocenters. The fraction of sp³-hybridized carbons (Fsp3) is 0.808. The fourth-order valence-corrected chi connectivity index (χ4v) is 8.32. The Bertz CT molecular complexity index is 1770. The van der Waals surface area contributed by atoms with Gasteiger partial charge in [0.2, 0.25) is 41.4 Å². The van der Waals surface area contributed by atoms with Crippen LogP contribution in [0.3, 0.4) is 0 Å². The smallest absolute Gasteiger partial charge is 0.328 e. The average molecular weight is 1020 g/mol. The topological polar surface area (TPSA) is 305 Å². The van der Waals surface area contributed by atoms with Gasteiger partial charge < -0.3 is 52.2 Å². The third-order valence-corrected chi connectivity index (χ3v) is 12.7.